The van der Waals surface area contributed by atoms with Crippen molar-refractivity contribution in [1.82, 2.24) is 0 Å². The monoisotopic (exact) mass is 358 g/mol. The molecule has 0 N–H and O–H groups in total. The molecule has 1 heterocycles. The third-order valence-corrected chi connectivity index (χ3v) is 6.67. The fourth-order valence-corrected chi connectivity index (χ4v) is 5.33. The smallest absolute Gasteiger partial charge is 0.335 e. The Hall–Kier alpha value is -1.05. The number of carbonyl (C=O) groups is 3. The molecule has 0 aromatic heterocycles. The molecule has 0 saturated carbocycles. The molecule has 0 spiro atoms. The number of rotatable bonds is 9. The van der Waals surface area contributed by atoms with Crippen LogP contribution in [0, 0.1) is 0 Å². The average Bonchev–Trinajstić information content (AvgIpc) is 2.54. The average molecular weight is 358 g/mol. The van der Waals surface area contributed by atoms with Crippen molar-refractivity contribution in [2.24, 2.45) is 0 Å². The van der Waals surface area contributed by atoms with Crippen molar-refractivity contribution in [2.75, 3.05) is 25.2 Å². The van der Waals surface area contributed by atoms with E-state index in [2.05, 4.69) is 11.3 Å². The summed E-state index contributed by atoms with van der Waals surface area (Å²) in [7, 11) is 1.28. The number of aldehydes is 1. The van der Waals surface area contributed by atoms with Crippen LogP contribution in [0.1, 0.15) is 19.8 Å². The van der Waals surface area contributed by atoms with Crippen molar-refractivity contribution in [2.45, 2.75) is 29.9 Å². The van der Waals surface area contributed by atoms with Crippen LogP contribution in [0.15, 0.2) is 24.3 Å². The molecule has 0 aromatic carbocycles. The summed E-state index contributed by atoms with van der Waals surface area (Å²) in [6.45, 7) is 5.07. The number of carbonyl (C=O) groups excluding carboxylic acids is 3. The summed E-state index contributed by atoms with van der Waals surface area (Å²) in [5, 5.41) is 0. The Bertz CT molecular complexity index is 481. The van der Waals surface area contributed by atoms with Gasteiger partial charge in [0.05, 0.1) is 23.4 Å². The van der Waals surface area contributed by atoms with E-state index in [4.69, 9.17) is 4.74 Å². The van der Waals surface area contributed by atoms with Gasteiger partial charge in [-0.25, -0.2) is 4.79 Å². The molecular formula is C16H22O5S2. The predicted molar refractivity (Wildman–Crippen MR) is 93.7 cm³/mol. The fraction of sp³-hybridized carbons (Fsp3) is 0.562. The lowest BCUT2D eigenvalue weighted by atomic mass is 10.1. The molecule has 23 heavy (non-hydrogen) atoms. The van der Waals surface area contributed by atoms with Crippen LogP contribution >= 0.6 is 23.5 Å². The number of hydrogen-bond donors (Lipinski definition) is 0. The Morgan fingerprint density at radius 2 is 2.00 bits per heavy atom. The molecule has 128 valence electrons. The molecule has 5 nitrogen and oxygen atoms in total. The summed E-state index contributed by atoms with van der Waals surface area (Å²) in [6.07, 6.45) is 4.87. The van der Waals surface area contributed by atoms with Crippen LogP contribution in [-0.4, -0.2) is 53.4 Å². The maximum absolute atomic E-state index is 11.4. The fourth-order valence-electron chi connectivity index (χ4n) is 2.05. The SMILES string of the molecule is C=C(COC(/C=C/C(C)=O)C1(CC=O)SCCCS1)C(=O)OC. The highest BCUT2D eigenvalue weighted by Crippen LogP contribution is 2.48. The molecule has 0 amide bonds. The van der Waals surface area contributed by atoms with E-state index in [-0.39, 0.29) is 18.0 Å². The first-order chi connectivity index (χ1) is 10.9. The standard InChI is InChI=1S/C16H22O5S2/c1-12(15(19)20-3)11-21-14(6-5-13(2)18)16(7-8-17)22-9-4-10-23-16/h5-6,8,14H,1,4,7,9-11H2,2-3H3/b6-5+. The molecule has 1 saturated heterocycles. The van der Waals surface area contributed by atoms with Crippen LogP contribution in [0.2, 0.25) is 0 Å². The quantitative estimate of drug-likeness (QED) is 0.356. The molecule has 0 aliphatic carbocycles. The van der Waals surface area contributed by atoms with E-state index >= 15 is 0 Å². The Labute approximate surface area is 145 Å². The number of allylic oxidation sites excluding steroid dienone is 1. The molecule has 1 aliphatic heterocycles. The van der Waals surface area contributed by atoms with Gasteiger partial charge < -0.3 is 14.3 Å². The minimum absolute atomic E-state index is 0.0126. The number of methoxy groups -OCH3 is 1. The lowest BCUT2D eigenvalue weighted by molar-refractivity contribution is -0.137. The number of ketones is 1. The van der Waals surface area contributed by atoms with Crippen molar-refractivity contribution < 1.29 is 23.9 Å². The molecule has 0 bridgehead atoms. The van der Waals surface area contributed by atoms with Crippen LogP contribution in [-0.2, 0) is 23.9 Å². The van der Waals surface area contributed by atoms with Gasteiger partial charge in [0, 0.05) is 6.42 Å². The van der Waals surface area contributed by atoms with Crippen LogP contribution in [0.4, 0.5) is 0 Å². The van der Waals surface area contributed by atoms with E-state index in [9.17, 15) is 14.4 Å². The van der Waals surface area contributed by atoms with E-state index in [1.807, 2.05) is 0 Å². The van der Waals surface area contributed by atoms with E-state index in [0.717, 1.165) is 24.2 Å². The van der Waals surface area contributed by atoms with Crippen molar-refractivity contribution in [3.05, 3.63) is 24.3 Å². The van der Waals surface area contributed by atoms with Gasteiger partial charge in [-0.3, -0.25) is 4.79 Å². The topological polar surface area (TPSA) is 69.7 Å². The lowest BCUT2D eigenvalue weighted by Crippen LogP contribution is -2.40. The Morgan fingerprint density at radius 1 is 1.35 bits per heavy atom. The van der Waals surface area contributed by atoms with Crippen molar-refractivity contribution >= 4 is 41.6 Å². The summed E-state index contributed by atoms with van der Waals surface area (Å²) in [5.74, 6) is 1.21. The molecule has 0 radical (unpaired) electrons. The summed E-state index contributed by atoms with van der Waals surface area (Å²) in [4.78, 5) is 33.8. The largest absolute Gasteiger partial charge is 0.466 e. The molecule has 1 rings (SSSR count). The zero-order valence-electron chi connectivity index (χ0n) is 13.4. The highest BCUT2D eigenvalue weighted by atomic mass is 32.2. The van der Waals surface area contributed by atoms with Crippen molar-refractivity contribution in [3.63, 3.8) is 0 Å². The van der Waals surface area contributed by atoms with E-state index in [1.165, 1.54) is 20.1 Å². The number of ether oxygens (including phenoxy) is 2. The predicted octanol–water partition coefficient (Wildman–Crippen LogP) is 2.40. The van der Waals surface area contributed by atoms with Gasteiger partial charge in [-0.2, -0.15) is 0 Å². The lowest BCUT2D eigenvalue weighted by Gasteiger charge is -2.39. The van der Waals surface area contributed by atoms with Crippen LogP contribution in [0.5, 0.6) is 0 Å². The van der Waals surface area contributed by atoms with E-state index in [1.54, 1.807) is 29.6 Å². The minimum Gasteiger partial charge on any atom is -0.466 e. The van der Waals surface area contributed by atoms with Crippen molar-refractivity contribution in [3.8, 4) is 0 Å². The Kier molecular flexibility index (Phi) is 8.65. The van der Waals surface area contributed by atoms with Gasteiger partial charge in [0.25, 0.3) is 0 Å². The van der Waals surface area contributed by atoms with Gasteiger partial charge in [-0.05, 0) is 30.9 Å². The second-order valence-electron chi connectivity index (χ2n) is 5.03. The molecular weight excluding hydrogens is 336 g/mol. The van der Waals surface area contributed by atoms with Gasteiger partial charge in [-0.1, -0.05) is 12.7 Å². The second-order valence-corrected chi connectivity index (χ2v) is 8.14. The highest BCUT2D eigenvalue weighted by molar-refractivity contribution is 8.18. The maximum Gasteiger partial charge on any atom is 0.335 e. The van der Waals surface area contributed by atoms with Gasteiger partial charge in [-0.15, -0.1) is 23.5 Å². The van der Waals surface area contributed by atoms with Gasteiger partial charge >= 0.3 is 5.97 Å². The summed E-state index contributed by atoms with van der Waals surface area (Å²) in [5.41, 5.74) is 0.195. The third-order valence-electron chi connectivity index (χ3n) is 3.20. The van der Waals surface area contributed by atoms with E-state index in [0.29, 0.717) is 6.42 Å². The van der Waals surface area contributed by atoms with Crippen LogP contribution in [0.3, 0.4) is 0 Å². The Morgan fingerprint density at radius 3 is 2.52 bits per heavy atom. The first-order valence-electron chi connectivity index (χ1n) is 7.23. The number of thioether (sulfide) groups is 2. The molecule has 1 fully saturated rings. The Balaban J connectivity index is 2.92. The maximum atomic E-state index is 11.4. The third kappa shape index (κ3) is 6.16. The normalized spacial score (nSPS) is 18.3. The summed E-state index contributed by atoms with van der Waals surface area (Å²) >= 11 is 3.32. The first-order valence-corrected chi connectivity index (χ1v) is 9.20. The molecule has 7 heteroatoms. The molecule has 0 aromatic rings. The summed E-state index contributed by atoms with van der Waals surface area (Å²) in [6, 6.07) is 0. The zero-order chi connectivity index (χ0) is 17.3. The summed E-state index contributed by atoms with van der Waals surface area (Å²) < 4.78 is 9.95. The van der Waals surface area contributed by atoms with Gasteiger partial charge in [0.1, 0.15) is 12.4 Å². The van der Waals surface area contributed by atoms with Gasteiger partial charge in [0.2, 0.25) is 0 Å². The number of hydrogen-bond acceptors (Lipinski definition) is 7. The van der Waals surface area contributed by atoms with Crippen LogP contribution in [0.25, 0.3) is 0 Å². The number of esters is 1. The first kappa shape index (κ1) is 20.0. The highest BCUT2D eigenvalue weighted by Gasteiger charge is 2.41. The molecule has 1 unspecified atom stereocenters. The molecule has 1 atom stereocenters. The zero-order valence-corrected chi connectivity index (χ0v) is 15.0. The second kappa shape index (κ2) is 9.95. The molecule has 1 aliphatic rings. The minimum atomic E-state index is -0.535. The van der Waals surface area contributed by atoms with Gasteiger partial charge in [0.15, 0.2) is 5.78 Å². The van der Waals surface area contributed by atoms with Crippen molar-refractivity contribution in [1.29, 1.82) is 0 Å². The van der Waals surface area contributed by atoms with E-state index < -0.39 is 16.2 Å². The van der Waals surface area contributed by atoms with Crippen LogP contribution < -0.4 is 0 Å².